The molecule has 0 atom stereocenters. The summed E-state index contributed by atoms with van der Waals surface area (Å²) >= 11 is 0. The molecule has 0 aliphatic rings. The average Bonchev–Trinajstić information content (AvgIpc) is 3.21. The molecule has 0 bridgehead atoms. The van der Waals surface area contributed by atoms with E-state index in [-0.39, 0.29) is 5.91 Å². The monoisotopic (exact) mass is 346 g/mol. The number of nitrogens with one attached hydrogen (secondary N) is 1. The van der Waals surface area contributed by atoms with Crippen molar-refractivity contribution >= 4 is 27.8 Å². The largest absolute Gasteiger partial charge is 0.356 e. The van der Waals surface area contributed by atoms with Crippen LogP contribution >= 0.6 is 0 Å². The number of aryl methyl sites for hydroxylation is 2. The van der Waals surface area contributed by atoms with Crippen LogP contribution in [-0.2, 0) is 24.8 Å². The average molecular weight is 346 g/mol. The SMILES string of the molecule is Cn1cc(CC(=O)NCCCn2ccc3cccnc32)c2ccccc21. The molecule has 3 aromatic heterocycles. The fourth-order valence-corrected chi connectivity index (χ4v) is 3.48. The number of hydrogen-bond acceptors (Lipinski definition) is 2. The molecule has 0 aliphatic carbocycles. The molecule has 5 heteroatoms. The second-order valence-corrected chi connectivity index (χ2v) is 6.59. The van der Waals surface area contributed by atoms with Gasteiger partial charge in [-0.1, -0.05) is 18.2 Å². The van der Waals surface area contributed by atoms with Gasteiger partial charge in [0.05, 0.1) is 6.42 Å². The molecule has 132 valence electrons. The highest BCUT2D eigenvalue weighted by molar-refractivity contribution is 5.89. The van der Waals surface area contributed by atoms with Crippen LogP contribution in [0.3, 0.4) is 0 Å². The highest BCUT2D eigenvalue weighted by atomic mass is 16.1. The van der Waals surface area contributed by atoms with Gasteiger partial charge in [0.15, 0.2) is 0 Å². The Bertz CT molecular complexity index is 1060. The number of rotatable bonds is 6. The maximum atomic E-state index is 12.3. The van der Waals surface area contributed by atoms with E-state index < -0.39 is 0 Å². The van der Waals surface area contributed by atoms with Crippen LogP contribution in [0.2, 0.25) is 0 Å². The summed E-state index contributed by atoms with van der Waals surface area (Å²) in [7, 11) is 2.01. The van der Waals surface area contributed by atoms with E-state index in [4.69, 9.17) is 0 Å². The molecular weight excluding hydrogens is 324 g/mol. The van der Waals surface area contributed by atoms with Crippen molar-refractivity contribution in [1.29, 1.82) is 0 Å². The van der Waals surface area contributed by atoms with E-state index in [0.29, 0.717) is 13.0 Å². The number of fused-ring (bicyclic) bond motifs is 2. The Balaban J connectivity index is 1.31. The lowest BCUT2D eigenvalue weighted by atomic mass is 10.1. The number of carbonyl (C=O) groups excluding carboxylic acids is 1. The third kappa shape index (κ3) is 3.20. The zero-order valence-electron chi connectivity index (χ0n) is 14.9. The minimum absolute atomic E-state index is 0.0665. The van der Waals surface area contributed by atoms with Crippen LogP contribution in [0, 0.1) is 0 Å². The zero-order chi connectivity index (χ0) is 17.9. The number of pyridine rings is 1. The van der Waals surface area contributed by atoms with Gasteiger partial charge in [0.25, 0.3) is 0 Å². The summed E-state index contributed by atoms with van der Waals surface area (Å²) < 4.78 is 4.20. The molecule has 0 saturated heterocycles. The first-order chi connectivity index (χ1) is 12.7. The maximum Gasteiger partial charge on any atom is 0.224 e. The quantitative estimate of drug-likeness (QED) is 0.545. The zero-order valence-corrected chi connectivity index (χ0v) is 14.9. The second kappa shape index (κ2) is 7.04. The Kier molecular flexibility index (Phi) is 4.44. The fourth-order valence-electron chi connectivity index (χ4n) is 3.48. The number of para-hydroxylation sites is 1. The van der Waals surface area contributed by atoms with E-state index in [0.717, 1.165) is 40.5 Å². The number of carbonyl (C=O) groups is 1. The van der Waals surface area contributed by atoms with Crippen LogP contribution in [0.5, 0.6) is 0 Å². The Morgan fingerprint density at radius 1 is 1.15 bits per heavy atom. The van der Waals surface area contributed by atoms with Crippen LogP contribution in [0.25, 0.3) is 21.9 Å². The molecule has 0 saturated carbocycles. The molecule has 4 rings (SSSR count). The van der Waals surface area contributed by atoms with Crippen LogP contribution in [-0.4, -0.2) is 26.6 Å². The molecule has 3 heterocycles. The summed E-state index contributed by atoms with van der Waals surface area (Å²) in [4.78, 5) is 16.7. The van der Waals surface area contributed by atoms with Gasteiger partial charge in [0.1, 0.15) is 5.65 Å². The summed E-state index contributed by atoms with van der Waals surface area (Å²) in [6.45, 7) is 1.51. The van der Waals surface area contributed by atoms with Crippen molar-refractivity contribution in [3.63, 3.8) is 0 Å². The van der Waals surface area contributed by atoms with Crippen LogP contribution in [0.4, 0.5) is 0 Å². The Labute approximate surface area is 152 Å². The van der Waals surface area contributed by atoms with Gasteiger partial charge >= 0.3 is 0 Å². The van der Waals surface area contributed by atoms with E-state index in [2.05, 4.69) is 49.9 Å². The van der Waals surface area contributed by atoms with Crippen LogP contribution in [0.1, 0.15) is 12.0 Å². The van der Waals surface area contributed by atoms with E-state index in [9.17, 15) is 4.79 Å². The minimum atomic E-state index is 0.0665. The van der Waals surface area contributed by atoms with Crippen LogP contribution < -0.4 is 5.32 Å². The van der Waals surface area contributed by atoms with Gasteiger partial charge < -0.3 is 14.5 Å². The molecule has 0 aliphatic heterocycles. The van der Waals surface area contributed by atoms with Crippen molar-refractivity contribution in [2.24, 2.45) is 7.05 Å². The predicted octanol–water partition coefficient (Wildman–Crippen LogP) is 3.28. The van der Waals surface area contributed by atoms with E-state index in [1.807, 2.05) is 37.6 Å². The lowest BCUT2D eigenvalue weighted by molar-refractivity contribution is -0.120. The number of aromatic nitrogens is 3. The van der Waals surface area contributed by atoms with Crippen molar-refractivity contribution in [1.82, 2.24) is 19.4 Å². The molecule has 0 fully saturated rings. The molecule has 1 N–H and O–H groups in total. The molecule has 1 amide bonds. The molecule has 5 nitrogen and oxygen atoms in total. The summed E-state index contributed by atoms with van der Waals surface area (Å²) in [5.41, 5.74) is 3.22. The molecule has 0 unspecified atom stereocenters. The molecule has 1 aromatic carbocycles. The molecule has 4 aromatic rings. The fraction of sp³-hybridized carbons (Fsp3) is 0.238. The van der Waals surface area contributed by atoms with Gasteiger partial charge in [0.2, 0.25) is 5.91 Å². The van der Waals surface area contributed by atoms with Crippen LogP contribution in [0.15, 0.2) is 61.1 Å². The Morgan fingerprint density at radius 2 is 2.04 bits per heavy atom. The smallest absolute Gasteiger partial charge is 0.224 e. The van der Waals surface area contributed by atoms with Gasteiger partial charge in [-0.3, -0.25) is 4.79 Å². The number of hydrogen-bond donors (Lipinski definition) is 1. The topological polar surface area (TPSA) is 51.9 Å². The molecular formula is C21H22N4O. The first-order valence-corrected chi connectivity index (χ1v) is 8.92. The van der Waals surface area contributed by atoms with Crippen molar-refractivity contribution in [2.75, 3.05) is 6.54 Å². The summed E-state index contributed by atoms with van der Waals surface area (Å²) in [5.74, 6) is 0.0665. The van der Waals surface area contributed by atoms with Crippen molar-refractivity contribution in [3.8, 4) is 0 Å². The summed E-state index contributed by atoms with van der Waals surface area (Å²) in [6.07, 6.45) is 7.19. The van der Waals surface area contributed by atoms with Gasteiger partial charge in [-0.15, -0.1) is 0 Å². The summed E-state index contributed by atoms with van der Waals surface area (Å²) in [5, 5.41) is 5.33. The highest BCUT2D eigenvalue weighted by Gasteiger charge is 2.10. The number of benzene rings is 1. The van der Waals surface area contributed by atoms with Crippen molar-refractivity contribution in [3.05, 3.63) is 66.6 Å². The standard InChI is InChI=1S/C21H22N4O/c1-24-15-17(18-7-2-3-8-19(18)24)14-20(26)22-11-5-12-25-13-9-16-6-4-10-23-21(16)25/h2-4,6-10,13,15H,5,11-12,14H2,1H3,(H,22,26). The number of amides is 1. The van der Waals surface area contributed by atoms with Crippen molar-refractivity contribution < 1.29 is 4.79 Å². The lowest BCUT2D eigenvalue weighted by Crippen LogP contribution is -2.26. The van der Waals surface area contributed by atoms with Gasteiger partial charge in [-0.05, 0) is 36.2 Å². The maximum absolute atomic E-state index is 12.3. The van der Waals surface area contributed by atoms with E-state index in [1.165, 1.54) is 0 Å². The third-order valence-electron chi connectivity index (χ3n) is 4.75. The van der Waals surface area contributed by atoms with Gasteiger partial charge in [-0.2, -0.15) is 0 Å². The first kappa shape index (κ1) is 16.4. The van der Waals surface area contributed by atoms with E-state index in [1.54, 1.807) is 0 Å². The third-order valence-corrected chi connectivity index (χ3v) is 4.75. The predicted molar refractivity (Wildman–Crippen MR) is 104 cm³/mol. The van der Waals surface area contributed by atoms with Gasteiger partial charge in [0, 0.05) is 55.0 Å². The Hall–Kier alpha value is -3.08. The molecule has 26 heavy (non-hydrogen) atoms. The first-order valence-electron chi connectivity index (χ1n) is 8.92. The van der Waals surface area contributed by atoms with E-state index >= 15 is 0 Å². The highest BCUT2D eigenvalue weighted by Crippen LogP contribution is 2.20. The minimum Gasteiger partial charge on any atom is -0.356 e. The number of nitrogens with zero attached hydrogens (tertiary/aromatic N) is 3. The molecule has 0 spiro atoms. The second-order valence-electron chi connectivity index (χ2n) is 6.59. The lowest BCUT2D eigenvalue weighted by Gasteiger charge is -2.07. The Morgan fingerprint density at radius 3 is 2.96 bits per heavy atom. The van der Waals surface area contributed by atoms with Crippen molar-refractivity contribution in [2.45, 2.75) is 19.4 Å². The normalized spacial score (nSPS) is 11.3. The van der Waals surface area contributed by atoms with Gasteiger partial charge in [-0.25, -0.2) is 4.98 Å². The summed E-state index contributed by atoms with van der Waals surface area (Å²) in [6, 6.07) is 14.3. The molecule has 0 radical (unpaired) electrons.